The van der Waals surface area contributed by atoms with Crippen molar-refractivity contribution in [3.05, 3.63) is 57.6 Å². The number of cyclic esters (lactones) is 1. The van der Waals surface area contributed by atoms with Crippen molar-refractivity contribution in [2.45, 2.75) is 180 Å². The summed E-state index contributed by atoms with van der Waals surface area (Å²) in [5.41, 5.74) is 3.25. The fourth-order valence-electron chi connectivity index (χ4n) is 10.8. The van der Waals surface area contributed by atoms with Gasteiger partial charge in [0.1, 0.15) is 30.1 Å². The summed E-state index contributed by atoms with van der Waals surface area (Å²) >= 11 is 6.25. The van der Waals surface area contributed by atoms with E-state index in [4.69, 9.17) is 40.0 Å². The molecule has 2 bridgehead atoms. The van der Waals surface area contributed by atoms with Gasteiger partial charge in [-0.1, -0.05) is 63.1 Å². The van der Waals surface area contributed by atoms with Crippen molar-refractivity contribution in [1.82, 2.24) is 4.90 Å². The highest BCUT2D eigenvalue weighted by Crippen LogP contribution is 2.40. The number of hydrogen-bond donors (Lipinski definition) is 3. The minimum atomic E-state index is -2.52. The number of nitrogens with zero attached hydrogens (tertiary/aromatic N) is 1. The Kier molecular flexibility index (Phi) is 20.2. The summed E-state index contributed by atoms with van der Waals surface area (Å²) in [4.78, 5) is 58.4. The van der Waals surface area contributed by atoms with E-state index in [1.807, 2.05) is 52.0 Å². The van der Waals surface area contributed by atoms with Gasteiger partial charge in [0.15, 0.2) is 0 Å². The third-order valence-electron chi connectivity index (χ3n) is 14.8. The number of aliphatic hydroxyl groups excluding tert-OH is 2. The van der Waals surface area contributed by atoms with Crippen LogP contribution in [0.4, 0.5) is 0 Å². The van der Waals surface area contributed by atoms with Crippen LogP contribution in [0.1, 0.15) is 129 Å². The summed E-state index contributed by atoms with van der Waals surface area (Å²) in [6.45, 7) is 13.2. The molecule has 2 saturated heterocycles. The summed E-state index contributed by atoms with van der Waals surface area (Å²) in [5, 5.41) is 35.5. The molecule has 3 N–H and O–H groups in total. The Labute approximate surface area is 403 Å². The lowest BCUT2D eigenvalue weighted by molar-refractivity contribution is -0.302. The van der Waals surface area contributed by atoms with Gasteiger partial charge in [-0.05, 0) is 126 Å². The van der Waals surface area contributed by atoms with Gasteiger partial charge in [-0.3, -0.25) is 14.4 Å². The molecule has 5 rings (SSSR count). The number of ether oxygens (including phenoxy) is 6. The number of carbonyl (C=O) groups excluding carboxylic acids is 4. The zero-order valence-electron chi connectivity index (χ0n) is 41.4. The van der Waals surface area contributed by atoms with Crippen molar-refractivity contribution in [2.24, 2.45) is 29.6 Å². The first-order valence-corrected chi connectivity index (χ1v) is 24.8. The number of halogens is 1. The lowest BCUT2D eigenvalue weighted by Gasteiger charge is -2.47. The summed E-state index contributed by atoms with van der Waals surface area (Å²) in [6, 6.07) is 4.27. The average molecular weight is 961 g/mol. The van der Waals surface area contributed by atoms with Crippen molar-refractivity contribution >= 4 is 35.0 Å². The van der Waals surface area contributed by atoms with Crippen LogP contribution >= 0.6 is 11.6 Å². The van der Waals surface area contributed by atoms with Crippen LogP contribution in [0.25, 0.3) is 0 Å². The molecule has 3 heterocycles. The van der Waals surface area contributed by atoms with E-state index in [-0.39, 0.29) is 62.2 Å². The van der Waals surface area contributed by atoms with Crippen LogP contribution in [0, 0.1) is 36.5 Å². The molecule has 3 aliphatic heterocycles. The fraction of sp³-hybridized carbons (Fsp3) is 0.731. The van der Waals surface area contributed by atoms with E-state index in [1.54, 1.807) is 27.0 Å². The minimum absolute atomic E-state index is 0.0194. The summed E-state index contributed by atoms with van der Waals surface area (Å²) < 4.78 is 36.6. The van der Waals surface area contributed by atoms with Crippen LogP contribution in [0.15, 0.2) is 41.5 Å². The number of Topliss-reactive ketones (excluding diaryl/α,β-unsaturated/α-hetero) is 2. The van der Waals surface area contributed by atoms with E-state index in [2.05, 4.69) is 6.92 Å². The van der Waals surface area contributed by atoms with E-state index < -0.39 is 83.9 Å². The number of rotatable bonds is 10. The van der Waals surface area contributed by atoms with Crippen LogP contribution in [0.2, 0.25) is 5.02 Å². The Morgan fingerprint density at radius 3 is 2.27 bits per heavy atom. The highest BCUT2D eigenvalue weighted by Gasteiger charge is 2.56. The number of fused-ring (bicyclic) bond motifs is 3. The second-order valence-electron chi connectivity index (χ2n) is 20.0. The van der Waals surface area contributed by atoms with E-state index in [1.165, 1.54) is 19.1 Å². The predicted octanol–water partition coefficient (Wildman–Crippen LogP) is 7.19. The lowest BCUT2D eigenvalue weighted by atomic mass is 9.81. The third kappa shape index (κ3) is 13.6. The zero-order valence-corrected chi connectivity index (χ0v) is 42.2. The van der Waals surface area contributed by atoms with Crippen molar-refractivity contribution < 1.29 is 62.9 Å². The van der Waals surface area contributed by atoms with Crippen LogP contribution in [-0.2, 0) is 47.6 Å². The van der Waals surface area contributed by atoms with E-state index >= 15 is 0 Å². The Morgan fingerprint density at radius 2 is 1.61 bits per heavy atom. The molecule has 15 unspecified atom stereocenters. The first-order valence-electron chi connectivity index (χ1n) is 24.4. The third-order valence-corrected chi connectivity index (χ3v) is 15.0. The Bertz CT molecular complexity index is 1900. The van der Waals surface area contributed by atoms with Crippen LogP contribution < -0.4 is 0 Å². The van der Waals surface area contributed by atoms with Crippen molar-refractivity contribution in [3.8, 4) is 0 Å². The molecule has 15 atom stereocenters. The summed E-state index contributed by atoms with van der Waals surface area (Å²) in [5.74, 6) is -7.70. The van der Waals surface area contributed by atoms with E-state index in [0.717, 1.165) is 11.1 Å². The van der Waals surface area contributed by atoms with Gasteiger partial charge < -0.3 is 48.6 Å². The smallest absolute Gasteiger partial charge is 0.329 e. The molecular weight excluding hydrogens is 882 g/mol. The SMILES string of the molecule is CCC1/C=C(\C)CC(C)CC(OC)C2OC(O)(C(=O)C(=O)N3CCCCC3C(=O)OC(C(C)=CC3CCC(OCC(O)c4cc(C)cc(Cl)c4)C(OC)C3)C(C)C(O)CC1=O)C(C)CC2OC. The number of hydrogen-bond acceptors (Lipinski definition) is 13. The van der Waals surface area contributed by atoms with Gasteiger partial charge in [-0.2, -0.15) is 0 Å². The Morgan fingerprint density at radius 1 is 0.925 bits per heavy atom. The lowest BCUT2D eigenvalue weighted by Crippen LogP contribution is -2.64. The molecule has 0 spiro atoms. The molecule has 1 aliphatic carbocycles. The number of piperidine rings is 1. The number of methoxy groups -OCH3 is 3. The van der Waals surface area contributed by atoms with E-state index in [9.17, 15) is 34.5 Å². The van der Waals surface area contributed by atoms with Gasteiger partial charge in [0.2, 0.25) is 5.79 Å². The average Bonchev–Trinajstić information content (AvgIpc) is 3.30. The number of benzene rings is 1. The number of esters is 1. The maximum absolute atomic E-state index is 14.5. The maximum atomic E-state index is 14.5. The van der Waals surface area contributed by atoms with Gasteiger partial charge in [0, 0.05) is 57.1 Å². The largest absolute Gasteiger partial charge is 0.456 e. The normalized spacial score (nSPS) is 37.2. The number of aryl methyl sites for hydroxylation is 1. The molecule has 1 aromatic rings. The second kappa shape index (κ2) is 24.7. The molecule has 14 nitrogen and oxygen atoms in total. The van der Waals surface area contributed by atoms with Crippen LogP contribution in [0.3, 0.4) is 0 Å². The summed E-state index contributed by atoms with van der Waals surface area (Å²) in [6.07, 6.45) is 3.07. The van der Waals surface area contributed by atoms with Gasteiger partial charge in [0.05, 0.1) is 37.1 Å². The number of amides is 1. The molecule has 0 aromatic heterocycles. The molecule has 0 radical (unpaired) electrons. The van der Waals surface area contributed by atoms with Gasteiger partial charge in [0.25, 0.3) is 11.7 Å². The molecular formula is C52H78ClNO13. The topological polar surface area (TPSA) is 188 Å². The van der Waals surface area contributed by atoms with Gasteiger partial charge in [-0.25, -0.2) is 4.79 Å². The second-order valence-corrected chi connectivity index (χ2v) is 20.5. The van der Waals surface area contributed by atoms with Crippen molar-refractivity contribution in [3.63, 3.8) is 0 Å². The molecule has 67 heavy (non-hydrogen) atoms. The molecule has 376 valence electrons. The highest BCUT2D eigenvalue weighted by atomic mass is 35.5. The highest BCUT2D eigenvalue weighted by molar-refractivity contribution is 6.39. The number of carbonyl (C=O) groups is 4. The van der Waals surface area contributed by atoms with Crippen molar-refractivity contribution in [2.75, 3.05) is 34.5 Å². The molecule has 3 fully saturated rings. The predicted molar refractivity (Wildman–Crippen MR) is 253 cm³/mol. The monoisotopic (exact) mass is 960 g/mol. The minimum Gasteiger partial charge on any atom is -0.456 e. The van der Waals surface area contributed by atoms with Crippen LogP contribution in [0.5, 0.6) is 0 Å². The van der Waals surface area contributed by atoms with E-state index in [0.29, 0.717) is 67.5 Å². The first kappa shape index (κ1) is 54.9. The van der Waals surface area contributed by atoms with Crippen molar-refractivity contribution in [1.29, 1.82) is 0 Å². The van der Waals surface area contributed by atoms with Gasteiger partial charge in [-0.15, -0.1) is 0 Å². The maximum Gasteiger partial charge on any atom is 0.329 e. The Balaban J connectivity index is 1.45. The first-order chi connectivity index (χ1) is 31.7. The number of allylic oxidation sites excluding steroid dienone is 3. The number of aliphatic hydroxyl groups is 3. The van der Waals surface area contributed by atoms with Gasteiger partial charge >= 0.3 is 5.97 Å². The summed E-state index contributed by atoms with van der Waals surface area (Å²) in [7, 11) is 4.69. The standard InChI is InChI=1S/C52H78ClNO13/c1-11-36-19-29(2)18-30(3)22-45(63-9)48-46(64-10)24-33(6)52(61,67-48)49(58)50(59)54-17-13-12-14-39(54)51(60)66-47(34(7)40(55)27-41(36)56)32(5)23-35-15-16-43(44(25-35)62-8)65-28-42(57)37-20-31(4)21-38(53)26-37/h19-21,23,26,30,33-36,39-40,42-48,55,57,61H,11-18,22,24-25,27-28H2,1-10H3/b29-19+,32-23?. The quantitative estimate of drug-likeness (QED) is 0.122. The van der Waals surface area contributed by atoms with Crippen LogP contribution in [-0.4, -0.2) is 133 Å². The fourth-order valence-corrected chi connectivity index (χ4v) is 11.1. The Hall–Kier alpha value is -3.05. The molecule has 1 aromatic carbocycles. The molecule has 1 saturated carbocycles. The number of ketones is 2. The molecule has 15 heteroatoms. The molecule has 1 amide bonds. The molecule has 4 aliphatic rings. The zero-order chi connectivity index (χ0) is 49.3.